The van der Waals surface area contributed by atoms with Crippen molar-refractivity contribution in [3.63, 3.8) is 0 Å². The highest BCUT2D eigenvalue weighted by Crippen LogP contribution is 2.34. The number of amides is 1. The van der Waals surface area contributed by atoms with E-state index in [1.807, 2.05) is 72.0 Å². The Labute approximate surface area is 201 Å². The Morgan fingerprint density at radius 3 is 2.48 bits per heavy atom. The van der Waals surface area contributed by atoms with Crippen molar-refractivity contribution in [1.29, 1.82) is 0 Å². The zero-order valence-electron chi connectivity index (χ0n) is 18.6. The molecule has 1 aliphatic rings. The highest BCUT2D eigenvalue weighted by Gasteiger charge is 2.26. The number of hydrogen-bond acceptors (Lipinski definition) is 5. The van der Waals surface area contributed by atoms with Gasteiger partial charge in [0, 0.05) is 31.6 Å². The average Bonchev–Trinajstić information content (AvgIpc) is 3.40. The van der Waals surface area contributed by atoms with E-state index in [1.165, 1.54) is 11.3 Å². The maximum Gasteiger partial charge on any atom is 0.264 e. The molecule has 5 rings (SSSR count). The number of nitrogens with zero attached hydrogens (tertiary/aromatic N) is 4. The SMILES string of the molecule is CCOc1ccccc1N1CCN(C(=O)c2cc3c(C)nn(-c4ccccc4Cl)c3s2)CC1. The maximum atomic E-state index is 13.3. The van der Waals surface area contributed by atoms with Crippen LogP contribution in [0.2, 0.25) is 5.02 Å². The van der Waals surface area contributed by atoms with E-state index in [1.54, 1.807) is 0 Å². The number of fused-ring (bicyclic) bond motifs is 1. The summed E-state index contributed by atoms with van der Waals surface area (Å²) in [7, 11) is 0. The molecule has 2 aromatic carbocycles. The predicted octanol–water partition coefficient (Wildman–Crippen LogP) is 5.41. The molecule has 1 amide bonds. The standard InChI is InChI=1S/C25H25ClN4O2S/c1-3-32-22-11-7-6-10-21(22)28-12-14-29(15-13-28)24(31)23-16-18-17(2)27-30(25(18)33-23)20-9-5-4-8-19(20)26/h4-11,16H,3,12-15H2,1-2H3. The Morgan fingerprint density at radius 2 is 1.76 bits per heavy atom. The Kier molecular flexibility index (Phi) is 6.00. The van der Waals surface area contributed by atoms with Crippen LogP contribution >= 0.6 is 22.9 Å². The highest BCUT2D eigenvalue weighted by molar-refractivity contribution is 7.20. The molecule has 1 fully saturated rings. The van der Waals surface area contributed by atoms with Gasteiger partial charge in [0.1, 0.15) is 10.6 Å². The average molecular weight is 481 g/mol. The van der Waals surface area contributed by atoms with Crippen LogP contribution in [0.25, 0.3) is 15.9 Å². The van der Waals surface area contributed by atoms with Crippen LogP contribution in [0.15, 0.2) is 54.6 Å². The second kappa shape index (κ2) is 9.08. The first-order chi connectivity index (χ1) is 16.1. The van der Waals surface area contributed by atoms with Crippen molar-refractivity contribution in [3.8, 4) is 11.4 Å². The minimum atomic E-state index is 0.0686. The van der Waals surface area contributed by atoms with Crippen LogP contribution in [0.1, 0.15) is 22.3 Å². The van der Waals surface area contributed by atoms with Crippen molar-refractivity contribution in [3.05, 3.63) is 70.2 Å². The molecular formula is C25H25ClN4O2S. The minimum Gasteiger partial charge on any atom is -0.492 e. The molecule has 8 heteroatoms. The molecule has 3 heterocycles. The van der Waals surface area contributed by atoms with E-state index in [9.17, 15) is 4.79 Å². The van der Waals surface area contributed by atoms with Crippen molar-refractivity contribution < 1.29 is 9.53 Å². The molecular weight excluding hydrogens is 456 g/mol. The molecule has 33 heavy (non-hydrogen) atoms. The number of benzene rings is 2. The predicted molar refractivity (Wildman–Crippen MR) is 134 cm³/mol. The van der Waals surface area contributed by atoms with Crippen LogP contribution in [0, 0.1) is 6.92 Å². The number of anilines is 1. The Hall–Kier alpha value is -3.03. The number of piperazine rings is 1. The summed E-state index contributed by atoms with van der Waals surface area (Å²) in [6.45, 7) is 7.47. The van der Waals surface area contributed by atoms with E-state index in [-0.39, 0.29) is 5.91 Å². The van der Waals surface area contributed by atoms with E-state index in [0.29, 0.717) is 24.7 Å². The second-order valence-electron chi connectivity index (χ2n) is 7.96. The summed E-state index contributed by atoms with van der Waals surface area (Å²) < 4.78 is 7.63. The summed E-state index contributed by atoms with van der Waals surface area (Å²) >= 11 is 7.88. The number of rotatable bonds is 5. The van der Waals surface area contributed by atoms with E-state index >= 15 is 0 Å². The number of para-hydroxylation sites is 3. The van der Waals surface area contributed by atoms with Gasteiger partial charge in [0.05, 0.1) is 33.6 Å². The van der Waals surface area contributed by atoms with Gasteiger partial charge in [-0.1, -0.05) is 35.9 Å². The number of halogens is 1. The molecule has 0 atom stereocenters. The molecule has 6 nitrogen and oxygen atoms in total. The van der Waals surface area contributed by atoms with E-state index in [0.717, 1.165) is 51.0 Å². The van der Waals surface area contributed by atoms with Crippen LogP contribution in [0.4, 0.5) is 5.69 Å². The number of carbonyl (C=O) groups is 1. The summed E-state index contributed by atoms with van der Waals surface area (Å²) in [6, 6.07) is 17.7. The monoisotopic (exact) mass is 480 g/mol. The highest BCUT2D eigenvalue weighted by atomic mass is 35.5. The molecule has 0 bridgehead atoms. The first-order valence-corrected chi connectivity index (χ1v) is 12.3. The normalized spacial score (nSPS) is 14.2. The van der Waals surface area contributed by atoms with Crippen LogP contribution in [-0.4, -0.2) is 53.4 Å². The van der Waals surface area contributed by atoms with Gasteiger partial charge in [-0.05, 0) is 44.2 Å². The summed E-state index contributed by atoms with van der Waals surface area (Å²) in [5.41, 5.74) is 2.79. The van der Waals surface area contributed by atoms with Gasteiger partial charge in [-0.15, -0.1) is 11.3 Å². The molecule has 1 saturated heterocycles. The first kappa shape index (κ1) is 21.8. The molecule has 4 aromatic rings. The number of aryl methyl sites for hydroxylation is 1. The molecule has 170 valence electrons. The summed E-state index contributed by atoms with van der Waals surface area (Å²) in [4.78, 5) is 19.2. The van der Waals surface area contributed by atoms with Crippen molar-refractivity contribution in [2.24, 2.45) is 0 Å². The number of aromatic nitrogens is 2. The van der Waals surface area contributed by atoms with Gasteiger partial charge in [0.15, 0.2) is 0 Å². The molecule has 0 unspecified atom stereocenters. The number of thiophene rings is 1. The number of carbonyl (C=O) groups excluding carboxylic acids is 1. The van der Waals surface area contributed by atoms with E-state index in [2.05, 4.69) is 16.1 Å². The zero-order chi connectivity index (χ0) is 22.9. The van der Waals surface area contributed by atoms with Crippen LogP contribution in [-0.2, 0) is 0 Å². The summed E-state index contributed by atoms with van der Waals surface area (Å²) in [5, 5.41) is 6.28. The molecule has 1 aliphatic heterocycles. The van der Waals surface area contributed by atoms with Gasteiger partial charge in [0.25, 0.3) is 5.91 Å². The zero-order valence-corrected chi connectivity index (χ0v) is 20.2. The molecule has 0 spiro atoms. The van der Waals surface area contributed by atoms with Gasteiger partial charge in [0.2, 0.25) is 0 Å². The molecule has 2 aromatic heterocycles. The lowest BCUT2D eigenvalue weighted by Crippen LogP contribution is -2.48. The molecule has 0 radical (unpaired) electrons. The molecule has 0 saturated carbocycles. The van der Waals surface area contributed by atoms with Crippen LogP contribution in [0.3, 0.4) is 0 Å². The smallest absolute Gasteiger partial charge is 0.264 e. The van der Waals surface area contributed by atoms with Crippen molar-refractivity contribution in [2.75, 3.05) is 37.7 Å². The van der Waals surface area contributed by atoms with Gasteiger partial charge in [-0.25, -0.2) is 4.68 Å². The topological polar surface area (TPSA) is 50.6 Å². The van der Waals surface area contributed by atoms with Gasteiger partial charge < -0.3 is 14.5 Å². The molecule has 0 N–H and O–H groups in total. The lowest BCUT2D eigenvalue weighted by molar-refractivity contribution is 0.0751. The fourth-order valence-corrected chi connectivity index (χ4v) is 5.60. The van der Waals surface area contributed by atoms with Crippen molar-refractivity contribution in [1.82, 2.24) is 14.7 Å². The molecule has 0 aliphatic carbocycles. The Bertz CT molecular complexity index is 1310. The lowest BCUT2D eigenvalue weighted by atomic mass is 10.2. The van der Waals surface area contributed by atoms with Crippen molar-refractivity contribution in [2.45, 2.75) is 13.8 Å². The van der Waals surface area contributed by atoms with Crippen molar-refractivity contribution >= 4 is 44.7 Å². The van der Waals surface area contributed by atoms with E-state index < -0.39 is 0 Å². The first-order valence-electron chi connectivity index (χ1n) is 11.1. The van der Waals surface area contributed by atoms with Gasteiger partial charge in [-0.3, -0.25) is 4.79 Å². The third kappa shape index (κ3) is 4.07. The lowest BCUT2D eigenvalue weighted by Gasteiger charge is -2.36. The van der Waals surface area contributed by atoms with Crippen LogP contribution in [0.5, 0.6) is 5.75 Å². The fraction of sp³-hybridized carbons (Fsp3) is 0.280. The Morgan fingerprint density at radius 1 is 1.06 bits per heavy atom. The summed E-state index contributed by atoms with van der Waals surface area (Å²) in [6.07, 6.45) is 0. The van der Waals surface area contributed by atoms with Gasteiger partial charge in [-0.2, -0.15) is 5.10 Å². The third-order valence-corrected chi connectivity index (χ3v) is 7.33. The Balaban J connectivity index is 1.35. The number of hydrogen-bond donors (Lipinski definition) is 0. The van der Waals surface area contributed by atoms with Gasteiger partial charge >= 0.3 is 0 Å². The summed E-state index contributed by atoms with van der Waals surface area (Å²) in [5.74, 6) is 0.961. The largest absolute Gasteiger partial charge is 0.492 e. The minimum absolute atomic E-state index is 0.0686. The van der Waals surface area contributed by atoms with E-state index in [4.69, 9.17) is 16.3 Å². The third-order valence-electron chi connectivity index (χ3n) is 5.91. The fourth-order valence-electron chi connectivity index (χ4n) is 4.24. The maximum absolute atomic E-state index is 13.3. The second-order valence-corrected chi connectivity index (χ2v) is 9.40. The number of ether oxygens (including phenoxy) is 1. The van der Waals surface area contributed by atoms with Crippen LogP contribution < -0.4 is 9.64 Å². The quantitative estimate of drug-likeness (QED) is 0.383.